The first-order valence-electron chi connectivity index (χ1n) is 14.8. The SMILES string of the molecule is CCCC[C@@]1(O)CC[C@H]2[C@H](CC[C@@H]3[C@@H]2CC[C@]2(C)[C@@H]([C@H](C)Cc4ccc(C(F)(F)F)nc4)CC[C@@H]32)C1. The second kappa shape index (κ2) is 9.89. The third-order valence-electron chi connectivity index (χ3n) is 11.5. The van der Waals surface area contributed by atoms with Crippen molar-refractivity contribution in [2.75, 3.05) is 0 Å². The molecule has 1 aromatic rings. The molecular weight excluding hydrogens is 459 g/mol. The van der Waals surface area contributed by atoms with Crippen LogP contribution in [-0.2, 0) is 12.6 Å². The predicted molar refractivity (Wildman–Crippen MR) is 137 cm³/mol. The number of rotatable bonds is 6. The maximum absolute atomic E-state index is 12.9. The van der Waals surface area contributed by atoms with Crippen LogP contribution < -0.4 is 0 Å². The number of hydrogen-bond acceptors (Lipinski definition) is 2. The van der Waals surface area contributed by atoms with Gasteiger partial charge in [0, 0.05) is 6.20 Å². The Kier molecular flexibility index (Phi) is 7.28. The van der Waals surface area contributed by atoms with Gasteiger partial charge in [-0.25, -0.2) is 0 Å². The molecule has 1 N–H and O–H groups in total. The van der Waals surface area contributed by atoms with Crippen molar-refractivity contribution in [3.05, 3.63) is 29.6 Å². The summed E-state index contributed by atoms with van der Waals surface area (Å²) in [5.74, 6) is 5.07. The van der Waals surface area contributed by atoms with Gasteiger partial charge in [-0.2, -0.15) is 13.2 Å². The molecule has 0 spiro atoms. The zero-order valence-electron chi connectivity index (χ0n) is 22.5. The first kappa shape index (κ1) is 26.5. The number of aliphatic hydroxyl groups is 1. The number of hydrogen-bond donors (Lipinski definition) is 1. The van der Waals surface area contributed by atoms with Crippen LogP contribution in [0.15, 0.2) is 18.3 Å². The monoisotopic (exact) mass is 505 g/mol. The Balaban J connectivity index is 1.24. The molecule has 5 heteroatoms. The zero-order valence-corrected chi connectivity index (χ0v) is 22.5. The normalized spacial score (nSPS) is 41.3. The zero-order chi connectivity index (χ0) is 25.7. The molecule has 0 aliphatic heterocycles. The van der Waals surface area contributed by atoms with E-state index in [9.17, 15) is 18.3 Å². The van der Waals surface area contributed by atoms with Crippen molar-refractivity contribution in [3.8, 4) is 0 Å². The van der Waals surface area contributed by atoms with Crippen LogP contribution in [0.3, 0.4) is 0 Å². The van der Waals surface area contributed by atoms with Crippen molar-refractivity contribution in [1.29, 1.82) is 0 Å². The van der Waals surface area contributed by atoms with Crippen LogP contribution in [0.5, 0.6) is 0 Å². The summed E-state index contributed by atoms with van der Waals surface area (Å²) in [5.41, 5.74) is 0.0686. The summed E-state index contributed by atoms with van der Waals surface area (Å²) in [6.07, 6.45) is 12.2. The van der Waals surface area contributed by atoms with Gasteiger partial charge < -0.3 is 5.11 Å². The first-order valence-corrected chi connectivity index (χ1v) is 14.8. The van der Waals surface area contributed by atoms with Crippen LogP contribution in [0.1, 0.15) is 109 Å². The molecule has 0 aromatic carbocycles. The fraction of sp³-hybridized carbons (Fsp3) is 0.839. The van der Waals surface area contributed by atoms with Crippen molar-refractivity contribution in [1.82, 2.24) is 4.98 Å². The molecule has 36 heavy (non-hydrogen) atoms. The highest BCUT2D eigenvalue weighted by Crippen LogP contribution is 2.66. The minimum Gasteiger partial charge on any atom is -0.390 e. The minimum atomic E-state index is -4.37. The summed E-state index contributed by atoms with van der Waals surface area (Å²) in [6, 6.07) is 2.77. The molecule has 5 rings (SSSR count). The number of pyridine rings is 1. The van der Waals surface area contributed by atoms with Gasteiger partial charge in [0.1, 0.15) is 5.69 Å². The summed E-state index contributed by atoms with van der Waals surface area (Å²) < 4.78 is 38.7. The maximum atomic E-state index is 12.9. The fourth-order valence-electron chi connectivity index (χ4n) is 9.90. The van der Waals surface area contributed by atoms with Crippen molar-refractivity contribution >= 4 is 0 Å². The van der Waals surface area contributed by atoms with Crippen molar-refractivity contribution in [2.45, 2.75) is 116 Å². The minimum absolute atomic E-state index is 0.350. The summed E-state index contributed by atoms with van der Waals surface area (Å²) >= 11 is 0. The topological polar surface area (TPSA) is 33.1 Å². The van der Waals surface area contributed by atoms with Crippen LogP contribution in [0, 0.1) is 46.8 Å². The molecule has 202 valence electrons. The Bertz CT molecular complexity index is 900. The summed E-state index contributed by atoms with van der Waals surface area (Å²) in [4.78, 5) is 3.70. The predicted octanol–water partition coefficient (Wildman–Crippen LogP) is 8.47. The van der Waals surface area contributed by atoms with Crippen LogP contribution in [0.2, 0.25) is 0 Å². The maximum Gasteiger partial charge on any atom is 0.433 e. The van der Waals surface area contributed by atoms with Gasteiger partial charge in [-0.15, -0.1) is 0 Å². The third-order valence-corrected chi connectivity index (χ3v) is 11.5. The summed E-state index contributed by atoms with van der Waals surface area (Å²) in [6.45, 7) is 7.08. The molecule has 4 aliphatic carbocycles. The van der Waals surface area contributed by atoms with Crippen LogP contribution >= 0.6 is 0 Å². The van der Waals surface area contributed by atoms with Crippen LogP contribution in [0.25, 0.3) is 0 Å². The van der Waals surface area contributed by atoms with E-state index < -0.39 is 17.5 Å². The third kappa shape index (κ3) is 4.87. The lowest BCUT2D eigenvalue weighted by Crippen LogP contribution is -2.51. The second-order valence-electron chi connectivity index (χ2n) is 13.5. The lowest BCUT2D eigenvalue weighted by Gasteiger charge is -2.57. The van der Waals surface area contributed by atoms with E-state index in [1.165, 1.54) is 51.1 Å². The van der Waals surface area contributed by atoms with E-state index in [0.29, 0.717) is 17.3 Å². The van der Waals surface area contributed by atoms with E-state index in [0.717, 1.165) is 79.7 Å². The highest BCUT2D eigenvalue weighted by molar-refractivity contribution is 5.17. The van der Waals surface area contributed by atoms with E-state index in [-0.39, 0.29) is 0 Å². The average molecular weight is 506 g/mol. The Labute approximate surface area is 215 Å². The molecule has 9 atom stereocenters. The van der Waals surface area contributed by atoms with Crippen molar-refractivity contribution in [2.24, 2.45) is 46.8 Å². The molecule has 0 saturated heterocycles. The van der Waals surface area contributed by atoms with Gasteiger partial charge in [-0.1, -0.05) is 39.7 Å². The molecule has 2 nitrogen and oxygen atoms in total. The number of aromatic nitrogens is 1. The molecule has 0 amide bonds. The quantitative estimate of drug-likeness (QED) is 0.421. The molecule has 4 saturated carbocycles. The highest BCUT2D eigenvalue weighted by Gasteiger charge is 2.58. The molecule has 4 fully saturated rings. The lowest BCUT2D eigenvalue weighted by molar-refractivity contribution is -0.141. The summed E-state index contributed by atoms with van der Waals surface area (Å²) in [5, 5.41) is 11.2. The number of alkyl halides is 3. The lowest BCUT2D eigenvalue weighted by atomic mass is 9.48. The number of nitrogens with zero attached hydrogens (tertiary/aromatic N) is 1. The average Bonchev–Trinajstić information content (AvgIpc) is 3.19. The highest BCUT2D eigenvalue weighted by atomic mass is 19.4. The smallest absolute Gasteiger partial charge is 0.390 e. The Morgan fingerprint density at radius 3 is 2.50 bits per heavy atom. The summed E-state index contributed by atoms with van der Waals surface area (Å²) in [7, 11) is 0. The number of fused-ring (bicyclic) bond motifs is 5. The van der Waals surface area contributed by atoms with E-state index in [4.69, 9.17) is 0 Å². The number of halogens is 3. The second-order valence-corrected chi connectivity index (χ2v) is 13.5. The van der Waals surface area contributed by atoms with Crippen molar-refractivity contribution in [3.63, 3.8) is 0 Å². The van der Waals surface area contributed by atoms with Crippen LogP contribution in [-0.4, -0.2) is 15.7 Å². The van der Waals surface area contributed by atoms with Gasteiger partial charge >= 0.3 is 6.18 Å². The van der Waals surface area contributed by atoms with Gasteiger partial charge in [0.15, 0.2) is 0 Å². The molecule has 0 unspecified atom stereocenters. The van der Waals surface area contributed by atoms with E-state index >= 15 is 0 Å². The van der Waals surface area contributed by atoms with Crippen LogP contribution in [0.4, 0.5) is 13.2 Å². The molecule has 1 heterocycles. The van der Waals surface area contributed by atoms with Gasteiger partial charge in [-0.05, 0) is 129 Å². The fourth-order valence-corrected chi connectivity index (χ4v) is 9.90. The van der Waals surface area contributed by atoms with Crippen molar-refractivity contribution < 1.29 is 18.3 Å². The first-order chi connectivity index (χ1) is 17.0. The van der Waals surface area contributed by atoms with E-state index in [2.05, 4.69) is 25.8 Å². The Hall–Kier alpha value is -1.10. The van der Waals surface area contributed by atoms with E-state index in [1.54, 1.807) is 6.07 Å². The molecule has 1 aromatic heterocycles. The Morgan fingerprint density at radius 1 is 1.03 bits per heavy atom. The Morgan fingerprint density at radius 2 is 1.81 bits per heavy atom. The molecule has 4 aliphatic rings. The van der Waals surface area contributed by atoms with Gasteiger partial charge in [0.05, 0.1) is 5.60 Å². The number of unbranched alkanes of at least 4 members (excludes halogenated alkanes) is 1. The standard InChI is InChI=1S/C31H46F3NO/c1-4-5-14-30(36)16-13-23-22(18-30)7-8-25-24(23)12-15-29(3)26(9-10-27(25)29)20(2)17-21-6-11-28(35-19-21)31(32,33)34/h6,11,19-20,22-27,36H,4-5,7-10,12-18H2,1-3H3/t20-,22-,23+,24-,25-,26-,27+,29-,30-/m1/s1. The van der Waals surface area contributed by atoms with E-state index in [1.807, 2.05) is 0 Å². The van der Waals surface area contributed by atoms with Gasteiger partial charge in [-0.3, -0.25) is 4.98 Å². The molecule has 0 bridgehead atoms. The molecular formula is C31H46F3NO. The van der Waals surface area contributed by atoms with Gasteiger partial charge in [0.2, 0.25) is 0 Å². The van der Waals surface area contributed by atoms with Gasteiger partial charge in [0.25, 0.3) is 0 Å². The largest absolute Gasteiger partial charge is 0.433 e. The molecule has 0 radical (unpaired) electrons.